The van der Waals surface area contributed by atoms with Gasteiger partial charge in [0, 0.05) is 53.6 Å². The van der Waals surface area contributed by atoms with E-state index in [-0.39, 0.29) is 0 Å². The number of fused-ring (bicyclic) bond motifs is 6. The Balaban J connectivity index is 1.19. The summed E-state index contributed by atoms with van der Waals surface area (Å²) in [5.41, 5.74) is 12.0. The number of anilines is 3. The lowest BCUT2D eigenvalue weighted by Crippen LogP contribution is -2.10. The molecule has 10 aromatic rings. The molecule has 0 aliphatic carbocycles. The van der Waals surface area contributed by atoms with E-state index in [4.69, 9.17) is 4.42 Å². The van der Waals surface area contributed by atoms with Crippen LogP contribution < -0.4 is 4.90 Å². The van der Waals surface area contributed by atoms with Gasteiger partial charge in [0.15, 0.2) is 0 Å². The Morgan fingerprint density at radius 3 is 1.78 bits per heavy atom. The van der Waals surface area contributed by atoms with Crippen LogP contribution in [0.1, 0.15) is 0 Å². The normalized spacial score (nSPS) is 11.5. The molecule has 0 atom stereocenters. The van der Waals surface area contributed by atoms with Crippen LogP contribution in [0.4, 0.5) is 17.1 Å². The summed E-state index contributed by atoms with van der Waals surface area (Å²) < 4.78 is 9.15. The Labute approximate surface area is 300 Å². The highest BCUT2D eigenvalue weighted by Gasteiger charge is 2.20. The van der Waals surface area contributed by atoms with Gasteiger partial charge in [0.05, 0.1) is 0 Å². The quantitative estimate of drug-likeness (QED) is 0.175. The monoisotopic (exact) mass is 669 g/mol. The van der Waals surface area contributed by atoms with E-state index in [1.807, 2.05) is 17.4 Å². The lowest BCUT2D eigenvalue weighted by atomic mass is 9.92. The molecule has 51 heavy (non-hydrogen) atoms. The van der Waals surface area contributed by atoms with Crippen molar-refractivity contribution in [2.75, 3.05) is 4.90 Å². The molecule has 0 aliphatic rings. The Morgan fingerprint density at radius 2 is 0.961 bits per heavy atom. The Kier molecular flexibility index (Phi) is 7.04. The maximum Gasteiger partial charge on any atom is 0.143 e. The van der Waals surface area contributed by atoms with Crippen LogP contribution in [0, 0.1) is 0 Å². The van der Waals surface area contributed by atoms with Crippen LogP contribution in [0.15, 0.2) is 192 Å². The van der Waals surface area contributed by atoms with Crippen molar-refractivity contribution >= 4 is 70.5 Å². The zero-order chi connectivity index (χ0) is 33.7. The fourth-order valence-electron chi connectivity index (χ4n) is 7.46. The maximum absolute atomic E-state index is 6.55. The van der Waals surface area contributed by atoms with Gasteiger partial charge in [-0.2, -0.15) is 0 Å². The van der Waals surface area contributed by atoms with E-state index in [0.29, 0.717) is 0 Å². The molecule has 3 heteroatoms. The van der Waals surface area contributed by atoms with E-state index in [1.165, 1.54) is 31.3 Å². The molecule has 0 unspecified atom stereocenters. The van der Waals surface area contributed by atoms with Gasteiger partial charge in [-0.1, -0.05) is 133 Å². The predicted octanol–water partition coefficient (Wildman–Crippen LogP) is 14.4. The molecular formula is C48H31NOS. The van der Waals surface area contributed by atoms with Crippen molar-refractivity contribution in [1.29, 1.82) is 0 Å². The summed E-state index contributed by atoms with van der Waals surface area (Å²) in [6.45, 7) is 0. The van der Waals surface area contributed by atoms with Gasteiger partial charge >= 0.3 is 0 Å². The van der Waals surface area contributed by atoms with Crippen LogP contribution in [0.2, 0.25) is 0 Å². The van der Waals surface area contributed by atoms with Crippen molar-refractivity contribution in [3.63, 3.8) is 0 Å². The van der Waals surface area contributed by atoms with Gasteiger partial charge in [-0.15, -0.1) is 11.3 Å². The van der Waals surface area contributed by atoms with Crippen LogP contribution in [0.3, 0.4) is 0 Å². The van der Waals surface area contributed by atoms with E-state index in [9.17, 15) is 0 Å². The number of rotatable bonds is 6. The van der Waals surface area contributed by atoms with E-state index >= 15 is 0 Å². The molecule has 2 nitrogen and oxygen atoms in total. The van der Waals surface area contributed by atoms with Crippen molar-refractivity contribution < 1.29 is 4.42 Å². The molecule has 2 heterocycles. The molecule has 240 valence electrons. The molecule has 10 rings (SSSR count). The first-order valence-corrected chi connectivity index (χ1v) is 18.1. The molecule has 0 amide bonds. The molecule has 0 radical (unpaired) electrons. The molecule has 0 aliphatic heterocycles. The second-order valence-electron chi connectivity index (χ2n) is 12.9. The van der Waals surface area contributed by atoms with Gasteiger partial charge in [-0.05, 0) is 82.4 Å². The van der Waals surface area contributed by atoms with E-state index in [1.54, 1.807) is 0 Å². The molecule has 0 N–H and O–H groups in total. The molecule has 8 aromatic carbocycles. The number of thiophene rings is 1. The summed E-state index contributed by atoms with van der Waals surface area (Å²) in [5, 5.41) is 4.82. The average Bonchev–Trinajstić information content (AvgIpc) is 3.77. The molecule has 0 saturated carbocycles. The van der Waals surface area contributed by atoms with Gasteiger partial charge in [-0.25, -0.2) is 0 Å². The van der Waals surface area contributed by atoms with Crippen molar-refractivity contribution in [1.82, 2.24) is 0 Å². The fourth-order valence-corrected chi connectivity index (χ4v) is 8.54. The number of hydrogen-bond acceptors (Lipinski definition) is 3. The number of hydrogen-bond donors (Lipinski definition) is 0. The van der Waals surface area contributed by atoms with Gasteiger partial charge in [0.1, 0.15) is 11.2 Å². The number of benzene rings is 8. The molecule has 0 bridgehead atoms. The number of para-hydroxylation sites is 2. The first-order valence-electron chi connectivity index (χ1n) is 17.3. The first-order chi connectivity index (χ1) is 25.3. The van der Waals surface area contributed by atoms with Crippen LogP contribution in [0.5, 0.6) is 0 Å². The fraction of sp³-hybridized carbons (Fsp3) is 0. The van der Waals surface area contributed by atoms with Crippen LogP contribution in [-0.2, 0) is 0 Å². The highest BCUT2D eigenvalue weighted by Crippen LogP contribution is 2.45. The Morgan fingerprint density at radius 1 is 0.353 bits per heavy atom. The molecular weight excluding hydrogens is 639 g/mol. The number of furan rings is 1. The van der Waals surface area contributed by atoms with Gasteiger partial charge < -0.3 is 9.32 Å². The van der Waals surface area contributed by atoms with E-state index in [0.717, 1.165) is 61.3 Å². The minimum atomic E-state index is 0.902. The van der Waals surface area contributed by atoms with Crippen molar-refractivity contribution in [2.45, 2.75) is 0 Å². The van der Waals surface area contributed by atoms with Crippen molar-refractivity contribution in [2.24, 2.45) is 0 Å². The molecule has 2 aromatic heterocycles. The zero-order valence-corrected chi connectivity index (χ0v) is 28.5. The standard InChI is InChI=1S/C48H31NOS/c1-3-12-32(13-4-1)33-22-24-35(25-23-33)49(37-27-29-47-44(31-37)40-17-8-10-21-46(40)51-47)36-26-28-38(43(30-36)34-14-5-2-6-15-34)41-18-11-19-42-39-16-7-9-20-45(39)50-48(41)42/h1-31H. The lowest BCUT2D eigenvalue weighted by molar-refractivity contribution is 0.670. The molecule has 0 fully saturated rings. The number of nitrogens with zero attached hydrogens (tertiary/aromatic N) is 1. The van der Waals surface area contributed by atoms with Gasteiger partial charge in [0.25, 0.3) is 0 Å². The summed E-state index contributed by atoms with van der Waals surface area (Å²) in [6, 6.07) is 67.4. The summed E-state index contributed by atoms with van der Waals surface area (Å²) >= 11 is 1.85. The van der Waals surface area contributed by atoms with E-state index < -0.39 is 0 Å². The minimum absolute atomic E-state index is 0.902. The highest BCUT2D eigenvalue weighted by atomic mass is 32.1. The second kappa shape index (κ2) is 12.2. The van der Waals surface area contributed by atoms with Gasteiger partial charge in [0.2, 0.25) is 0 Å². The summed E-state index contributed by atoms with van der Waals surface area (Å²) in [7, 11) is 0. The highest BCUT2D eigenvalue weighted by molar-refractivity contribution is 7.25. The summed E-state index contributed by atoms with van der Waals surface area (Å²) in [6.07, 6.45) is 0. The van der Waals surface area contributed by atoms with Crippen LogP contribution in [0.25, 0.3) is 75.5 Å². The lowest BCUT2D eigenvalue weighted by Gasteiger charge is -2.27. The molecule has 0 spiro atoms. The SMILES string of the molecule is c1ccc(-c2ccc(N(c3ccc(-c4cccc5c4oc4ccccc45)c(-c4ccccc4)c3)c3ccc4sc5ccccc5c4c3)cc2)cc1. The van der Waals surface area contributed by atoms with Crippen LogP contribution >= 0.6 is 11.3 Å². The smallest absolute Gasteiger partial charge is 0.143 e. The third-order valence-corrected chi connectivity index (χ3v) is 11.0. The largest absolute Gasteiger partial charge is 0.455 e. The topological polar surface area (TPSA) is 16.4 Å². The van der Waals surface area contributed by atoms with Crippen molar-refractivity contribution in [3.8, 4) is 33.4 Å². The summed E-state index contributed by atoms with van der Waals surface area (Å²) in [4.78, 5) is 2.39. The third-order valence-electron chi connectivity index (χ3n) is 9.89. The third kappa shape index (κ3) is 5.10. The zero-order valence-electron chi connectivity index (χ0n) is 27.7. The van der Waals surface area contributed by atoms with Crippen LogP contribution in [-0.4, -0.2) is 0 Å². The Bertz CT molecular complexity index is 2850. The van der Waals surface area contributed by atoms with Crippen molar-refractivity contribution in [3.05, 3.63) is 188 Å². The summed E-state index contributed by atoms with van der Waals surface area (Å²) in [5.74, 6) is 0. The Hall–Kier alpha value is -6.42. The first kappa shape index (κ1) is 29.5. The average molecular weight is 670 g/mol. The second-order valence-corrected chi connectivity index (χ2v) is 14.0. The minimum Gasteiger partial charge on any atom is -0.455 e. The molecule has 0 saturated heterocycles. The predicted molar refractivity (Wildman–Crippen MR) is 218 cm³/mol. The maximum atomic E-state index is 6.55. The van der Waals surface area contributed by atoms with Gasteiger partial charge in [-0.3, -0.25) is 0 Å². The van der Waals surface area contributed by atoms with E-state index in [2.05, 4.69) is 187 Å².